The predicted molar refractivity (Wildman–Crippen MR) is 84.1 cm³/mol. The summed E-state index contributed by atoms with van der Waals surface area (Å²) in [7, 11) is 3.09. The molecular weight excluding hydrogens is 266 g/mol. The van der Waals surface area contributed by atoms with Crippen molar-refractivity contribution in [2.45, 2.75) is 38.6 Å². The second-order valence-corrected chi connectivity index (χ2v) is 5.38. The summed E-state index contributed by atoms with van der Waals surface area (Å²) in [4.78, 5) is 0. The van der Waals surface area contributed by atoms with Gasteiger partial charge >= 0.3 is 0 Å². The first-order chi connectivity index (χ1) is 10.2. The third-order valence-electron chi connectivity index (χ3n) is 3.88. The van der Waals surface area contributed by atoms with E-state index in [4.69, 9.17) is 9.47 Å². The highest BCUT2D eigenvalue weighted by atomic mass is 16.5. The van der Waals surface area contributed by atoms with Crippen molar-refractivity contribution in [3.63, 3.8) is 0 Å². The maximum Gasteiger partial charge on any atom is 0.200 e. The van der Waals surface area contributed by atoms with Crippen molar-refractivity contribution in [3.8, 4) is 17.2 Å². The Morgan fingerprint density at radius 3 is 2.43 bits per heavy atom. The van der Waals surface area contributed by atoms with Crippen LogP contribution in [0.1, 0.15) is 37.7 Å². The van der Waals surface area contributed by atoms with Gasteiger partial charge in [0.25, 0.3) is 0 Å². The maximum atomic E-state index is 9.88. The molecule has 0 radical (unpaired) electrons. The Balaban J connectivity index is 1.86. The summed E-state index contributed by atoms with van der Waals surface area (Å²) in [5.74, 6) is 0.943. The molecule has 21 heavy (non-hydrogen) atoms. The average Bonchev–Trinajstić information content (AvgIpc) is 2.53. The first-order valence-corrected chi connectivity index (χ1v) is 7.57. The fourth-order valence-corrected chi connectivity index (χ4v) is 2.66. The minimum atomic E-state index is 0.0520. The minimum absolute atomic E-state index is 0.0520. The molecule has 0 fully saturated rings. The lowest BCUT2D eigenvalue weighted by atomic mass is 9.97. The van der Waals surface area contributed by atoms with Gasteiger partial charge in [0.2, 0.25) is 5.75 Å². The van der Waals surface area contributed by atoms with Gasteiger partial charge in [-0.3, -0.25) is 0 Å². The molecule has 0 aliphatic heterocycles. The number of phenolic OH excluding ortho intramolecular Hbond substituents is 1. The van der Waals surface area contributed by atoms with Crippen LogP contribution in [0.15, 0.2) is 23.8 Å². The van der Waals surface area contributed by atoms with Crippen LogP contribution in [0.4, 0.5) is 0 Å². The Hall–Kier alpha value is -1.68. The quantitative estimate of drug-likeness (QED) is 0.597. The highest BCUT2D eigenvalue weighted by molar-refractivity contribution is 5.52. The van der Waals surface area contributed by atoms with Crippen molar-refractivity contribution >= 4 is 0 Å². The Morgan fingerprint density at radius 1 is 1.14 bits per heavy atom. The molecule has 0 aromatic heterocycles. The van der Waals surface area contributed by atoms with Gasteiger partial charge in [-0.1, -0.05) is 11.6 Å². The largest absolute Gasteiger partial charge is 0.502 e. The lowest BCUT2D eigenvalue weighted by Gasteiger charge is -2.14. The van der Waals surface area contributed by atoms with E-state index in [-0.39, 0.29) is 5.75 Å². The Labute approximate surface area is 126 Å². The van der Waals surface area contributed by atoms with Crippen LogP contribution in [0.5, 0.6) is 17.2 Å². The third-order valence-corrected chi connectivity index (χ3v) is 3.88. The number of ether oxygens (including phenoxy) is 2. The van der Waals surface area contributed by atoms with Gasteiger partial charge in [0.1, 0.15) is 0 Å². The number of benzene rings is 1. The molecule has 2 N–H and O–H groups in total. The van der Waals surface area contributed by atoms with Gasteiger partial charge in [-0.15, -0.1) is 0 Å². The van der Waals surface area contributed by atoms with Gasteiger partial charge in [-0.05, 0) is 56.3 Å². The van der Waals surface area contributed by atoms with E-state index in [2.05, 4.69) is 11.4 Å². The normalized spacial score (nSPS) is 14.7. The summed E-state index contributed by atoms with van der Waals surface area (Å²) in [5.41, 5.74) is 2.62. The molecule has 2 rings (SSSR count). The third kappa shape index (κ3) is 4.39. The second-order valence-electron chi connectivity index (χ2n) is 5.38. The fourth-order valence-electron chi connectivity index (χ4n) is 2.66. The maximum absolute atomic E-state index is 9.88. The monoisotopic (exact) mass is 291 g/mol. The molecule has 0 spiro atoms. The molecule has 1 aliphatic rings. The topological polar surface area (TPSA) is 50.7 Å². The van der Waals surface area contributed by atoms with E-state index in [1.54, 1.807) is 19.8 Å². The van der Waals surface area contributed by atoms with Crippen LogP contribution in [0, 0.1) is 0 Å². The lowest BCUT2D eigenvalue weighted by Crippen LogP contribution is -2.15. The van der Waals surface area contributed by atoms with Crippen molar-refractivity contribution in [1.82, 2.24) is 5.32 Å². The van der Waals surface area contributed by atoms with Crippen LogP contribution < -0.4 is 14.8 Å². The molecule has 1 aromatic rings. The van der Waals surface area contributed by atoms with Gasteiger partial charge in [0.05, 0.1) is 14.2 Å². The molecule has 1 aromatic carbocycles. The number of rotatable bonds is 7. The summed E-state index contributed by atoms with van der Waals surface area (Å²) in [6, 6.07) is 3.68. The van der Waals surface area contributed by atoms with Gasteiger partial charge in [0, 0.05) is 6.54 Å². The summed E-state index contributed by atoms with van der Waals surface area (Å²) in [6.45, 7) is 1.71. The van der Waals surface area contributed by atoms with Crippen LogP contribution in [-0.2, 0) is 6.54 Å². The molecule has 116 valence electrons. The number of aromatic hydroxyl groups is 1. The molecule has 0 unspecified atom stereocenters. The van der Waals surface area contributed by atoms with Gasteiger partial charge in [0.15, 0.2) is 11.5 Å². The second kappa shape index (κ2) is 7.93. The summed E-state index contributed by atoms with van der Waals surface area (Å²) in [6.07, 6.45) is 8.66. The minimum Gasteiger partial charge on any atom is -0.502 e. The molecule has 0 saturated carbocycles. The van der Waals surface area contributed by atoms with E-state index in [1.165, 1.54) is 25.7 Å². The molecule has 0 saturated heterocycles. The Bertz CT molecular complexity index is 472. The Kier molecular flexibility index (Phi) is 5.93. The van der Waals surface area contributed by atoms with E-state index in [0.717, 1.165) is 25.1 Å². The highest BCUT2D eigenvalue weighted by Gasteiger charge is 2.11. The smallest absolute Gasteiger partial charge is 0.200 e. The van der Waals surface area contributed by atoms with E-state index in [0.29, 0.717) is 11.5 Å². The molecule has 0 atom stereocenters. The fraction of sp³-hybridized carbons (Fsp3) is 0.529. The summed E-state index contributed by atoms with van der Waals surface area (Å²) in [5, 5.41) is 13.3. The molecule has 0 bridgehead atoms. The number of allylic oxidation sites excluding steroid dienone is 1. The molecule has 0 amide bonds. The zero-order chi connectivity index (χ0) is 15.1. The van der Waals surface area contributed by atoms with E-state index >= 15 is 0 Å². The highest BCUT2D eigenvalue weighted by Crippen LogP contribution is 2.37. The average molecular weight is 291 g/mol. The number of phenols is 1. The lowest BCUT2D eigenvalue weighted by molar-refractivity contribution is 0.339. The number of hydrogen-bond donors (Lipinski definition) is 2. The van der Waals surface area contributed by atoms with E-state index in [9.17, 15) is 5.11 Å². The predicted octanol–water partition coefficient (Wildman–Crippen LogP) is 3.39. The van der Waals surface area contributed by atoms with Crippen molar-refractivity contribution in [3.05, 3.63) is 29.3 Å². The van der Waals surface area contributed by atoms with Crippen LogP contribution in [-0.4, -0.2) is 25.9 Å². The summed E-state index contributed by atoms with van der Waals surface area (Å²) < 4.78 is 10.3. The molecule has 4 heteroatoms. The molecule has 0 heterocycles. The summed E-state index contributed by atoms with van der Waals surface area (Å²) >= 11 is 0. The molecule has 4 nitrogen and oxygen atoms in total. The van der Waals surface area contributed by atoms with Crippen molar-refractivity contribution in [2.75, 3.05) is 20.8 Å². The Morgan fingerprint density at radius 2 is 1.86 bits per heavy atom. The van der Waals surface area contributed by atoms with Gasteiger partial charge < -0.3 is 19.9 Å². The first kappa shape index (κ1) is 15.7. The van der Waals surface area contributed by atoms with Crippen LogP contribution >= 0.6 is 0 Å². The van der Waals surface area contributed by atoms with E-state index in [1.807, 2.05) is 12.1 Å². The van der Waals surface area contributed by atoms with Gasteiger partial charge in [-0.2, -0.15) is 0 Å². The van der Waals surface area contributed by atoms with Crippen LogP contribution in [0.2, 0.25) is 0 Å². The molecule has 1 aliphatic carbocycles. The number of methoxy groups -OCH3 is 2. The molecular formula is C17H25NO3. The first-order valence-electron chi connectivity index (χ1n) is 7.57. The van der Waals surface area contributed by atoms with Crippen LogP contribution in [0.3, 0.4) is 0 Å². The zero-order valence-corrected chi connectivity index (χ0v) is 12.9. The SMILES string of the molecule is COc1cc(CNCCC2=CCCCC2)cc(OC)c1O. The van der Waals surface area contributed by atoms with Crippen molar-refractivity contribution < 1.29 is 14.6 Å². The number of nitrogens with one attached hydrogen (secondary N) is 1. The van der Waals surface area contributed by atoms with Crippen molar-refractivity contribution in [1.29, 1.82) is 0 Å². The van der Waals surface area contributed by atoms with Gasteiger partial charge in [-0.25, -0.2) is 0 Å². The number of hydrogen-bond acceptors (Lipinski definition) is 4. The van der Waals surface area contributed by atoms with E-state index < -0.39 is 0 Å². The standard InChI is InChI=1S/C17H25NO3/c1-20-15-10-14(11-16(21-2)17(15)19)12-18-9-8-13-6-4-3-5-7-13/h6,10-11,18-19H,3-5,7-9,12H2,1-2H3. The zero-order valence-electron chi connectivity index (χ0n) is 12.9. The van der Waals surface area contributed by atoms with Crippen molar-refractivity contribution in [2.24, 2.45) is 0 Å². The van der Waals surface area contributed by atoms with Crippen LogP contribution in [0.25, 0.3) is 0 Å².